The number of aliphatic imine (C=N–C) groups is 1. The highest BCUT2D eigenvalue weighted by Crippen LogP contribution is 2.24. The fraction of sp³-hybridized carbons (Fsp3) is 0.588. The molecule has 144 valence electrons. The van der Waals surface area contributed by atoms with E-state index in [-0.39, 0.29) is 36.1 Å². The van der Waals surface area contributed by atoms with Gasteiger partial charge in [0.2, 0.25) is 0 Å². The number of guanidine groups is 1. The van der Waals surface area contributed by atoms with Gasteiger partial charge in [-0.1, -0.05) is 12.1 Å². The smallest absolute Gasteiger partial charge is 0.390 e. The number of alkyl halides is 3. The van der Waals surface area contributed by atoms with Crippen molar-refractivity contribution >= 4 is 29.9 Å². The van der Waals surface area contributed by atoms with E-state index in [1.807, 2.05) is 45.9 Å². The summed E-state index contributed by atoms with van der Waals surface area (Å²) in [5.41, 5.74) is 1.65. The minimum Gasteiger partial charge on any atom is -0.488 e. The summed E-state index contributed by atoms with van der Waals surface area (Å²) in [5.74, 6) is 1.07. The second-order valence-electron chi connectivity index (χ2n) is 6.54. The number of aryl methyl sites for hydroxylation is 1. The van der Waals surface area contributed by atoms with Crippen LogP contribution in [0.5, 0.6) is 5.75 Å². The lowest BCUT2D eigenvalue weighted by molar-refractivity contribution is -0.132. The van der Waals surface area contributed by atoms with Gasteiger partial charge in [-0.15, -0.1) is 24.0 Å². The van der Waals surface area contributed by atoms with Crippen LogP contribution in [0.3, 0.4) is 0 Å². The van der Waals surface area contributed by atoms with E-state index < -0.39 is 12.6 Å². The van der Waals surface area contributed by atoms with E-state index in [0.29, 0.717) is 12.5 Å². The zero-order valence-electron chi connectivity index (χ0n) is 15.3. The second-order valence-corrected chi connectivity index (χ2v) is 6.54. The number of hydrogen-bond donors (Lipinski definition) is 2. The SMILES string of the molecule is CN=C(NCCC(F)(F)F)NCc1ccc(C)cc1OC(C)(C)C.I. The molecule has 0 saturated heterocycles. The molecular formula is C17H27F3IN3O. The first-order valence-corrected chi connectivity index (χ1v) is 7.80. The van der Waals surface area contributed by atoms with Gasteiger partial charge in [-0.3, -0.25) is 4.99 Å². The Balaban J connectivity index is 0.00000576. The lowest BCUT2D eigenvalue weighted by Gasteiger charge is -2.24. The maximum atomic E-state index is 12.2. The Morgan fingerprint density at radius 2 is 1.80 bits per heavy atom. The van der Waals surface area contributed by atoms with Crippen LogP contribution in [0, 0.1) is 6.92 Å². The highest BCUT2D eigenvalue weighted by molar-refractivity contribution is 14.0. The highest BCUT2D eigenvalue weighted by Gasteiger charge is 2.26. The average Bonchev–Trinajstić information content (AvgIpc) is 2.41. The molecule has 2 N–H and O–H groups in total. The molecule has 0 spiro atoms. The Hall–Kier alpha value is -1.19. The maximum Gasteiger partial charge on any atom is 0.390 e. The Kier molecular flexibility index (Phi) is 9.60. The second kappa shape index (κ2) is 10.1. The van der Waals surface area contributed by atoms with Crippen molar-refractivity contribution in [1.29, 1.82) is 0 Å². The molecule has 8 heteroatoms. The van der Waals surface area contributed by atoms with Crippen molar-refractivity contribution in [3.8, 4) is 5.75 Å². The molecule has 0 radical (unpaired) electrons. The summed E-state index contributed by atoms with van der Waals surface area (Å²) in [7, 11) is 1.52. The summed E-state index contributed by atoms with van der Waals surface area (Å²) in [6.07, 6.45) is -5.09. The minimum atomic E-state index is -4.18. The standard InChI is InChI=1S/C17H26F3N3O.HI/c1-12-6-7-13(14(10-12)24-16(2,3)4)11-23-15(21-5)22-9-8-17(18,19)20;/h6-7,10H,8-9,11H2,1-5H3,(H2,21,22,23);1H. The van der Waals surface area contributed by atoms with Crippen LogP contribution < -0.4 is 15.4 Å². The van der Waals surface area contributed by atoms with Crippen molar-refractivity contribution in [2.75, 3.05) is 13.6 Å². The molecule has 1 aromatic rings. The predicted octanol–water partition coefficient (Wildman–Crippen LogP) is 4.41. The van der Waals surface area contributed by atoms with Crippen LogP contribution in [0.1, 0.15) is 38.3 Å². The van der Waals surface area contributed by atoms with E-state index in [1.54, 1.807) is 0 Å². The highest BCUT2D eigenvalue weighted by atomic mass is 127. The maximum absolute atomic E-state index is 12.2. The van der Waals surface area contributed by atoms with Gasteiger partial charge >= 0.3 is 6.18 Å². The van der Waals surface area contributed by atoms with Gasteiger partial charge in [0, 0.05) is 25.7 Å². The fourth-order valence-corrected chi connectivity index (χ4v) is 1.95. The molecule has 1 aromatic carbocycles. The molecule has 0 amide bonds. The number of halogens is 4. The van der Waals surface area contributed by atoms with E-state index in [9.17, 15) is 13.2 Å². The molecule has 0 aliphatic rings. The molecule has 0 unspecified atom stereocenters. The van der Waals surface area contributed by atoms with Crippen molar-refractivity contribution in [1.82, 2.24) is 10.6 Å². The van der Waals surface area contributed by atoms with Gasteiger partial charge in [0.1, 0.15) is 11.4 Å². The van der Waals surface area contributed by atoms with E-state index in [4.69, 9.17) is 4.74 Å². The predicted molar refractivity (Wildman–Crippen MR) is 106 cm³/mol. The van der Waals surface area contributed by atoms with E-state index in [2.05, 4.69) is 15.6 Å². The minimum absolute atomic E-state index is 0. The summed E-state index contributed by atoms with van der Waals surface area (Å²) in [6, 6.07) is 5.85. The van der Waals surface area contributed by atoms with E-state index in [1.165, 1.54) is 7.05 Å². The van der Waals surface area contributed by atoms with Gasteiger partial charge in [-0.25, -0.2) is 0 Å². The van der Waals surface area contributed by atoms with Crippen molar-refractivity contribution in [2.24, 2.45) is 4.99 Å². The third-order valence-electron chi connectivity index (χ3n) is 3.01. The Bertz CT molecular complexity index is 569. The number of nitrogens with zero attached hydrogens (tertiary/aromatic N) is 1. The van der Waals surface area contributed by atoms with Gasteiger partial charge in [-0.05, 0) is 39.3 Å². The molecule has 0 bridgehead atoms. The zero-order valence-corrected chi connectivity index (χ0v) is 17.6. The Morgan fingerprint density at radius 3 is 2.32 bits per heavy atom. The number of rotatable bonds is 5. The van der Waals surface area contributed by atoms with Gasteiger partial charge < -0.3 is 15.4 Å². The zero-order chi connectivity index (χ0) is 18.4. The van der Waals surface area contributed by atoms with Crippen LogP contribution in [0.2, 0.25) is 0 Å². The van der Waals surface area contributed by atoms with Crippen molar-refractivity contribution in [3.63, 3.8) is 0 Å². The molecule has 0 saturated carbocycles. The molecular weight excluding hydrogens is 446 g/mol. The van der Waals surface area contributed by atoms with Gasteiger partial charge in [0.05, 0.1) is 6.42 Å². The topological polar surface area (TPSA) is 45.7 Å². The van der Waals surface area contributed by atoms with Crippen molar-refractivity contribution < 1.29 is 17.9 Å². The van der Waals surface area contributed by atoms with Crippen LogP contribution >= 0.6 is 24.0 Å². The van der Waals surface area contributed by atoms with Gasteiger partial charge in [0.15, 0.2) is 5.96 Å². The summed E-state index contributed by atoms with van der Waals surface area (Å²) in [5, 5.41) is 5.66. The normalized spacial score (nSPS) is 12.4. The quantitative estimate of drug-likeness (QED) is 0.379. The third-order valence-corrected chi connectivity index (χ3v) is 3.01. The average molecular weight is 473 g/mol. The lowest BCUT2D eigenvalue weighted by atomic mass is 10.1. The lowest BCUT2D eigenvalue weighted by Crippen LogP contribution is -2.38. The Labute approximate surface area is 164 Å². The van der Waals surface area contributed by atoms with Crippen LogP contribution in [0.25, 0.3) is 0 Å². The van der Waals surface area contributed by atoms with Gasteiger partial charge in [0.25, 0.3) is 0 Å². The number of ether oxygens (including phenoxy) is 1. The molecule has 4 nitrogen and oxygen atoms in total. The number of nitrogens with one attached hydrogen (secondary N) is 2. The number of hydrogen-bond acceptors (Lipinski definition) is 2. The van der Waals surface area contributed by atoms with Crippen molar-refractivity contribution in [2.45, 2.75) is 52.4 Å². The fourth-order valence-electron chi connectivity index (χ4n) is 1.95. The largest absolute Gasteiger partial charge is 0.488 e. The first-order chi connectivity index (χ1) is 11.0. The molecule has 0 fully saturated rings. The summed E-state index contributed by atoms with van der Waals surface area (Å²) in [6.45, 7) is 8.04. The van der Waals surface area contributed by atoms with Crippen LogP contribution in [-0.4, -0.2) is 31.3 Å². The third kappa shape index (κ3) is 10.4. The van der Waals surface area contributed by atoms with Crippen LogP contribution in [0.15, 0.2) is 23.2 Å². The summed E-state index contributed by atoms with van der Waals surface area (Å²) < 4.78 is 42.5. The molecule has 0 aliphatic carbocycles. The molecule has 25 heavy (non-hydrogen) atoms. The monoisotopic (exact) mass is 473 g/mol. The first kappa shape index (κ1) is 23.8. The van der Waals surface area contributed by atoms with Crippen molar-refractivity contribution in [3.05, 3.63) is 29.3 Å². The molecule has 1 rings (SSSR count). The molecule has 0 atom stereocenters. The van der Waals surface area contributed by atoms with E-state index in [0.717, 1.165) is 16.9 Å². The molecule has 0 heterocycles. The summed E-state index contributed by atoms with van der Waals surface area (Å²) in [4.78, 5) is 3.93. The first-order valence-electron chi connectivity index (χ1n) is 7.80. The van der Waals surface area contributed by atoms with E-state index >= 15 is 0 Å². The van der Waals surface area contributed by atoms with Gasteiger partial charge in [-0.2, -0.15) is 13.2 Å². The molecule has 0 aromatic heterocycles. The van der Waals surface area contributed by atoms with Crippen LogP contribution in [0.4, 0.5) is 13.2 Å². The number of benzene rings is 1. The Morgan fingerprint density at radius 1 is 1.16 bits per heavy atom. The summed E-state index contributed by atoms with van der Waals surface area (Å²) >= 11 is 0. The molecule has 0 aliphatic heterocycles. The van der Waals surface area contributed by atoms with Crippen LogP contribution in [-0.2, 0) is 6.54 Å².